The molecule has 0 aliphatic carbocycles. The van der Waals surface area contributed by atoms with Crippen molar-refractivity contribution in [1.82, 2.24) is 10.2 Å². The van der Waals surface area contributed by atoms with Crippen LogP contribution in [0.15, 0.2) is 33.9 Å². The molecule has 0 radical (unpaired) electrons. The van der Waals surface area contributed by atoms with Gasteiger partial charge < -0.3 is 14.3 Å². The lowest BCUT2D eigenvalue weighted by molar-refractivity contribution is -0.133. The Balaban J connectivity index is 1.78. The van der Waals surface area contributed by atoms with Crippen LogP contribution in [0.5, 0.6) is 5.75 Å². The topological polar surface area (TPSA) is 85.5 Å². The summed E-state index contributed by atoms with van der Waals surface area (Å²) in [7, 11) is 0. The number of aromatic nitrogens is 2. The van der Waals surface area contributed by atoms with Crippen molar-refractivity contribution in [3.05, 3.63) is 35.7 Å². The summed E-state index contributed by atoms with van der Waals surface area (Å²) < 4.78 is 10.9. The Labute approximate surface area is 120 Å². The molecule has 106 valence electrons. The molecule has 0 aliphatic heterocycles. The quantitative estimate of drug-likeness (QED) is 0.783. The third-order valence-electron chi connectivity index (χ3n) is 2.34. The number of carboxylic acid groups (broad SMARTS) is 1. The summed E-state index contributed by atoms with van der Waals surface area (Å²) in [5.41, 5.74) is 1.13. The second kappa shape index (κ2) is 6.95. The van der Waals surface area contributed by atoms with Gasteiger partial charge in [0.2, 0.25) is 5.89 Å². The highest BCUT2D eigenvalue weighted by Gasteiger charge is 2.08. The first-order chi connectivity index (χ1) is 9.63. The molecule has 0 saturated carbocycles. The van der Waals surface area contributed by atoms with Crippen molar-refractivity contribution >= 4 is 17.7 Å². The van der Waals surface area contributed by atoms with Gasteiger partial charge in [0.1, 0.15) is 11.5 Å². The minimum atomic E-state index is -0.919. The van der Waals surface area contributed by atoms with Crippen LogP contribution in [-0.2, 0) is 11.2 Å². The Bertz CT molecular complexity index is 585. The summed E-state index contributed by atoms with van der Waals surface area (Å²) in [6.45, 7) is 2.42. The van der Waals surface area contributed by atoms with Crippen molar-refractivity contribution in [3.8, 4) is 5.75 Å². The lowest BCUT2D eigenvalue weighted by Gasteiger charge is -2.04. The molecule has 7 heteroatoms. The molecule has 2 rings (SSSR count). The van der Waals surface area contributed by atoms with Crippen molar-refractivity contribution in [2.75, 3.05) is 12.4 Å². The summed E-state index contributed by atoms with van der Waals surface area (Å²) in [6.07, 6.45) is 0.481. The largest absolute Gasteiger partial charge is 0.493 e. The highest BCUT2D eigenvalue weighted by atomic mass is 32.2. The summed E-state index contributed by atoms with van der Waals surface area (Å²) in [4.78, 5) is 10.4. The average molecular weight is 294 g/mol. The number of hydrogen-bond acceptors (Lipinski definition) is 6. The van der Waals surface area contributed by atoms with E-state index in [1.807, 2.05) is 31.2 Å². The first kappa shape index (κ1) is 14.4. The third kappa shape index (κ3) is 4.58. The van der Waals surface area contributed by atoms with Crippen LogP contribution in [0.2, 0.25) is 0 Å². The zero-order chi connectivity index (χ0) is 14.4. The standard InChI is InChI=1S/C13H14N2O4S/c1-9-3-2-4-10(7-9)18-6-5-11-14-15-13(19-11)20-8-12(16)17/h2-4,7H,5-6,8H2,1H3,(H,16,17). The second-order valence-electron chi connectivity index (χ2n) is 4.06. The summed E-state index contributed by atoms with van der Waals surface area (Å²) in [6, 6.07) is 7.76. The molecular weight excluding hydrogens is 280 g/mol. The van der Waals surface area contributed by atoms with Crippen molar-refractivity contribution < 1.29 is 19.1 Å². The molecule has 1 heterocycles. The maximum atomic E-state index is 10.4. The van der Waals surface area contributed by atoms with Crippen LogP contribution in [0, 0.1) is 6.92 Å². The Morgan fingerprint density at radius 1 is 1.45 bits per heavy atom. The van der Waals surface area contributed by atoms with Crippen LogP contribution in [0.3, 0.4) is 0 Å². The third-order valence-corrected chi connectivity index (χ3v) is 3.14. The van der Waals surface area contributed by atoms with E-state index >= 15 is 0 Å². The van der Waals surface area contributed by atoms with Gasteiger partial charge >= 0.3 is 5.97 Å². The SMILES string of the molecule is Cc1cccc(OCCc2nnc(SCC(=O)O)o2)c1. The number of carbonyl (C=O) groups is 1. The van der Waals surface area contributed by atoms with Crippen LogP contribution in [-0.4, -0.2) is 33.6 Å². The van der Waals surface area contributed by atoms with E-state index in [9.17, 15) is 4.79 Å². The number of aryl methyl sites for hydroxylation is 1. The molecule has 1 N–H and O–H groups in total. The van der Waals surface area contributed by atoms with Gasteiger partial charge in [-0.2, -0.15) is 0 Å². The van der Waals surface area contributed by atoms with Gasteiger partial charge in [0.25, 0.3) is 5.22 Å². The molecule has 20 heavy (non-hydrogen) atoms. The van der Waals surface area contributed by atoms with Gasteiger partial charge in [0.15, 0.2) is 0 Å². The monoisotopic (exact) mass is 294 g/mol. The Morgan fingerprint density at radius 2 is 2.30 bits per heavy atom. The van der Waals surface area contributed by atoms with E-state index in [1.54, 1.807) is 0 Å². The highest BCUT2D eigenvalue weighted by molar-refractivity contribution is 7.99. The minimum Gasteiger partial charge on any atom is -0.493 e. The van der Waals surface area contributed by atoms with E-state index in [-0.39, 0.29) is 11.0 Å². The van der Waals surface area contributed by atoms with Crippen molar-refractivity contribution in [2.24, 2.45) is 0 Å². The second-order valence-corrected chi connectivity index (χ2v) is 4.99. The Kier molecular flexibility index (Phi) is 5.00. The predicted molar refractivity (Wildman–Crippen MR) is 73.0 cm³/mol. The van der Waals surface area contributed by atoms with Gasteiger partial charge in [0.05, 0.1) is 13.0 Å². The van der Waals surface area contributed by atoms with E-state index in [4.69, 9.17) is 14.3 Å². The molecule has 0 fully saturated rings. The van der Waals surface area contributed by atoms with Crippen LogP contribution in [0.1, 0.15) is 11.5 Å². The van der Waals surface area contributed by atoms with Gasteiger partial charge in [-0.15, -0.1) is 10.2 Å². The molecule has 2 aromatic rings. The molecule has 0 aliphatic rings. The molecule has 0 spiro atoms. The number of thioether (sulfide) groups is 1. The number of ether oxygens (including phenoxy) is 1. The highest BCUT2D eigenvalue weighted by Crippen LogP contribution is 2.16. The van der Waals surface area contributed by atoms with Crippen LogP contribution in [0.25, 0.3) is 0 Å². The van der Waals surface area contributed by atoms with Crippen LogP contribution < -0.4 is 4.74 Å². The van der Waals surface area contributed by atoms with Gasteiger partial charge in [-0.1, -0.05) is 23.9 Å². The minimum absolute atomic E-state index is 0.0958. The van der Waals surface area contributed by atoms with Gasteiger partial charge in [-0.25, -0.2) is 0 Å². The average Bonchev–Trinajstić information content (AvgIpc) is 2.84. The number of aliphatic carboxylic acids is 1. The number of nitrogens with zero attached hydrogens (tertiary/aromatic N) is 2. The Hall–Kier alpha value is -2.02. The molecule has 0 unspecified atom stereocenters. The maximum Gasteiger partial charge on any atom is 0.314 e. The van der Waals surface area contributed by atoms with Gasteiger partial charge in [-0.3, -0.25) is 4.79 Å². The summed E-state index contributed by atoms with van der Waals surface area (Å²) >= 11 is 1.00. The molecule has 1 aromatic heterocycles. The van der Waals surface area contributed by atoms with Gasteiger partial charge in [-0.05, 0) is 24.6 Å². The first-order valence-electron chi connectivity index (χ1n) is 6.00. The molecular formula is C13H14N2O4S. The smallest absolute Gasteiger partial charge is 0.314 e. The molecule has 0 atom stereocenters. The van der Waals surface area contributed by atoms with Crippen molar-refractivity contribution in [1.29, 1.82) is 0 Å². The zero-order valence-corrected chi connectivity index (χ0v) is 11.7. The van der Waals surface area contributed by atoms with Crippen molar-refractivity contribution in [3.63, 3.8) is 0 Å². The van der Waals surface area contributed by atoms with E-state index in [0.717, 1.165) is 23.1 Å². The molecule has 6 nitrogen and oxygen atoms in total. The zero-order valence-electron chi connectivity index (χ0n) is 10.9. The molecule has 0 bridgehead atoms. The maximum absolute atomic E-state index is 10.4. The number of rotatable bonds is 7. The van der Waals surface area contributed by atoms with E-state index in [2.05, 4.69) is 10.2 Å². The Morgan fingerprint density at radius 3 is 3.05 bits per heavy atom. The number of hydrogen-bond donors (Lipinski definition) is 1. The number of benzene rings is 1. The normalized spacial score (nSPS) is 10.4. The van der Waals surface area contributed by atoms with Gasteiger partial charge in [0, 0.05) is 0 Å². The van der Waals surface area contributed by atoms with E-state index in [1.165, 1.54) is 0 Å². The van der Waals surface area contributed by atoms with Crippen molar-refractivity contribution in [2.45, 2.75) is 18.6 Å². The number of carboxylic acids is 1. The lowest BCUT2D eigenvalue weighted by atomic mass is 10.2. The van der Waals surface area contributed by atoms with Crippen LogP contribution in [0.4, 0.5) is 0 Å². The lowest BCUT2D eigenvalue weighted by Crippen LogP contribution is -2.01. The molecule has 0 saturated heterocycles. The van der Waals surface area contributed by atoms with Crippen LogP contribution >= 0.6 is 11.8 Å². The summed E-state index contributed by atoms with van der Waals surface area (Å²) in [5, 5.41) is 16.4. The van der Waals surface area contributed by atoms with E-state index in [0.29, 0.717) is 18.9 Å². The summed E-state index contributed by atoms with van der Waals surface area (Å²) in [5.74, 6) is 0.217. The molecule has 1 aromatic carbocycles. The predicted octanol–water partition coefficient (Wildman–Crippen LogP) is 2.18. The first-order valence-corrected chi connectivity index (χ1v) is 6.98. The molecule has 0 amide bonds. The fourth-order valence-electron chi connectivity index (χ4n) is 1.48. The van der Waals surface area contributed by atoms with E-state index < -0.39 is 5.97 Å². The fraction of sp³-hybridized carbons (Fsp3) is 0.308. The fourth-order valence-corrected chi connectivity index (χ4v) is 1.98.